The number of rotatable bonds is 5. The second-order valence-corrected chi connectivity index (χ2v) is 5.79. The quantitative estimate of drug-likeness (QED) is 0.653. The lowest BCUT2D eigenvalue weighted by Crippen LogP contribution is -2.29. The molecule has 0 spiro atoms. The maximum absolute atomic E-state index is 12.0. The van der Waals surface area contributed by atoms with Gasteiger partial charge in [-0.1, -0.05) is 36.4 Å². The molecule has 2 atom stereocenters. The summed E-state index contributed by atoms with van der Waals surface area (Å²) < 4.78 is 5.42. The third kappa shape index (κ3) is 3.53. The van der Waals surface area contributed by atoms with E-state index in [1.54, 1.807) is 0 Å². The fraction of sp³-hybridized carbons (Fsp3) is 0.278. The Morgan fingerprint density at radius 2 is 1.92 bits per heavy atom. The number of esters is 1. The fourth-order valence-electron chi connectivity index (χ4n) is 2.71. The van der Waals surface area contributed by atoms with E-state index in [4.69, 9.17) is 4.74 Å². The Morgan fingerprint density at radius 3 is 2.62 bits per heavy atom. The van der Waals surface area contributed by atoms with Gasteiger partial charge in [-0.05, 0) is 35.7 Å². The van der Waals surface area contributed by atoms with Gasteiger partial charge in [0.1, 0.15) is 12.1 Å². The smallest absolute Gasteiger partial charge is 0.322 e. The molecule has 1 aliphatic rings. The van der Waals surface area contributed by atoms with Crippen LogP contribution in [0.25, 0.3) is 10.8 Å². The number of amides is 3. The minimum atomic E-state index is -0.666. The van der Waals surface area contributed by atoms with Crippen LogP contribution in [0.3, 0.4) is 0 Å². The Morgan fingerprint density at radius 1 is 1.17 bits per heavy atom. The summed E-state index contributed by atoms with van der Waals surface area (Å²) in [5.41, 5.74) is 0.911. The molecule has 0 unspecified atom stereocenters. The third-order valence-corrected chi connectivity index (χ3v) is 4.05. The van der Waals surface area contributed by atoms with Crippen LogP contribution in [-0.2, 0) is 14.3 Å². The molecule has 1 aliphatic heterocycles. The number of ether oxygens (including phenoxy) is 1. The van der Waals surface area contributed by atoms with Crippen LogP contribution < -0.4 is 10.6 Å². The topological polar surface area (TPSA) is 84.5 Å². The summed E-state index contributed by atoms with van der Waals surface area (Å²) in [5.74, 6) is -0.806. The summed E-state index contributed by atoms with van der Waals surface area (Å²) in [6.07, 6.45) is -0.0916. The van der Waals surface area contributed by atoms with Crippen molar-refractivity contribution in [3.05, 3.63) is 48.0 Å². The predicted octanol–water partition coefficient (Wildman–Crippen LogP) is 2.43. The number of urea groups is 1. The van der Waals surface area contributed by atoms with Crippen molar-refractivity contribution in [2.45, 2.75) is 31.9 Å². The number of nitrogens with one attached hydrogen (secondary N) is 2. The van der Waals surface area contributed by atoms with Crippen LogP contribution in [-0.4, -0.2) is 23.9 Å². The highest BCUT2D eigenvalue weighted by Gasteiger charge is 2.29. The lowest BCUT2D eigenvalue weighted by molar-refractivity contribution is -0.148. The van der Waals surface area contributed by atoms with Crippen molar-refractivity contribution in [1.29, 1.82) is 0 Å². The number of imide groups is 1. The monoisotopic (exact) mass is 326 g/mol. The van der Waals surface area contributed by atoms with Gasteiger partial charge in [-0.25, -0.2) is 4.79 Å². The van der Waals surface area contributed by atoms with Gasteiger partial charge >= 0.3 is 12.0 Å². The molecule has 2 aromatic rings. The number of fused-ring (bicyclic) bond motifs is 1. The van der Waals surface area contributed by atoms with Gasteiger partial charge in [-0.15, -0.1) is 0 Å². The zero-order valence-corrected chi connectivity index (χ0v) is 13.2. The second-order valence-electron chi connectivity index (χ2n) is 5.79. The summed E-state index contributed by atoms with van der Waals surface area (Å²) in [6, 6.07) is 12.7. The largest absolute Gasteiger partial charge is 0.458 e. The van der Waals surface area contributed by atoms with E-state index in [-0.39, 0.29) is 18.9 Å². The molecule has 2 aromatic carbocycles. The molecule has 24 heavy (non-hydrogen) atoms. The molecule has 0 aromatic heterocycles. The van der Waals surface area contributed by atoms with E-state index in [0.717, 1.165) is 16.3 Å². The van der Waals surface area contributed by atoms with Crippen LogP contribution in [0.15, 0.2) is 42.5 Å². The minimum Gasteiger partial charge on any atom is -0.458 e. The van der Waals surface area contributed by atoms with Crippen LogP contribution in [0, 0.1) is 0 Å². The lowest BCUT2D eigenvalue weighted by atomic mass is 10.0. The maximum atomic E-state index is 12.0. The van der Waals surface area contributed by atoms with Crippen LogP contribution in [0.1, 0.15) is 31.4 Å². The number of benzene rings is 2. The van der Waals surface area contributed by atoms with Gasteiger partial charge in [0.05, 0.1) is 0 Å². The number of hydrogen-bond donors (Lipinski definition) is 2. The van der Waals surface area contributed by atoms with Crippen molar-refractivity contribution in [2.24, 2.45) is 0 Å². The van der Waals surface area contributed by atoms with E-state index in [2.05, 4.69) is 10.6 Å². The van der Waals surface area contributed by atoms with Crippen LogP contribution in [0.4, 0.5) is 4.79 Å². The Labute approximate surface area is 139 Å². The van der Waals surface area contributed by atoms with Crippen molar-refractivity contribution in [3.8, 4) is 0 Å². The molecule has 6 heteroatoms. The van der Waals surface area contributed by atoms with E-state index in [9.17, 15) is 14.4 Å². The van der Waals surface area contributed by atoms with Gasteiger partial charge in [0.15, 0.2) is 0 Å². The highest BCUT2D eigenvalue weighted by atomic mass is 16.5. The molecule has 0 saturated carbocycles. The molecule has 3 amide bonds. The van der Waals surface area contributed by atoms with Crippen molar-refractivity contribution in [3.63, 3.8) is 0 Å². The molecule has 0 aliphatic carbocycles. The molecular formula is C18H18N2O4. The molecule has 6 nitrogen and oxygen atoms in total. The zero-order valence-electron chi connectivity index (χ0n) is 13.2. The highest BCUT2D eigenvalue weighted by molar-refractivity contribution is 6.04. The molecular weight excluding hydrogens is 308 g/mol. The maximum Gasteiger partial charge on any atom is 0.322 e. The van der Waals surface area contributed by atoms with Gasteiger partial charge in [0.2, 0.25) is 0 Å². The first kappa shape index (κ1) is 16.0. The summed E-state index contributed by atoms with van der Waals surface area (Å²) >= 11 is 0. The average Bonchev–Trinajstić information content (AvgIpc) is 2.90. The molecule has 0 bridgehead atoms. The van der Waals surface area contributed by atoms with Gasteiger partial charge in [-0.2, -0.15) is 0 Å². The Bertz CT molecular complexity index is 802. The van der Waals surface area contributed by atoms with Gasteiger partial charge in [0, 0.05) is 6.42 Å². The number of carbonyl (C=O) groups excluding carboxylic acids is 3. The Balaban J connectivity index is 1.57. The SMILES string of the molecule is C[C@@H](OC(=O)CC[C@H]1NC(=O)NC1=O)c1ccc2ccccc2c1. The fourth-order valence-corrected chi connectivity index (χ4v) is 2.71. The van der Waals surface area contributed by atoms with Gasteiger partial charge in [0.25, 0.3) is 5.91 Å². The van der Waals surface area contributed by atoms with E-state index in [1.807, 2.05) is 49.4 Å². The molecule has 124 valence electrons. The van der Waals surface area contributed by atoms with Crippen molar-refractivity contribution in [2.75, 3.05) is 0 Å². The molecule has 2 N–H and O–H groups in total. The third-order valence-electron chi connectivity index (χ3n) is 4.05. The summed E-state index contributed by atoms with van der Waals surface area (Å²) in [5, 5.41) is 6.80. The van der Waals surface area contributed by atoms with E-state index < -0.39 is 23.9 Å². The lowest BCUT2D eigenvalue weighted by Gasteiger charge is -2.15. The van der Waals surface area contributed by atoms with Crippen molar-refractivity contribution < 1.29 is 19.1 Å². The van der Waals surface area contributed by atoms with Crippen LogP contribution in [0.2, 0.25) is 0 Å². The highest BCUT2D eigenvalue weighted by Crippen LogP contribution is 2.23. The molecule has 1 saturated heterocycles. The number of carbonyl (C=O) groups is 3. The van der Waals surface area contributed by atoms with Gasteiger partial charge in [-0.3, -0.25) is 14.9 Å². The summed E-state index contributed by atoms with van der Waals surface area (Å²) in [4.78, 5) is 34.4. The summed E-state index contributed by atoms with van der Waals surface area (Å²) in [6.45, 7) is 1.81. The van der Waals surface area contributed by atoms with Crippen molar-refractivity contribution >= 4 is 28.7 Å². The number of hydrogen-bond acceptors (Lipinski definition) is 4. The molecule has 1 fully saturated rings. The first-order valence-corrected chi connectivity index (χ1v) is 7.82. The van der Waals surface area contributed by atoms with E-state index in [0.29, 0.717) is 0 Å². The minimum absolute atomic E-state index is 0.0658. The first-order valence-electron chi connectivity index (χ1n) is 7.82. The van der Waals surface area contributed by atoms with Crippen LogP contribution in [0.5, 0.6) is 0 Å². The molecule has 0 radical (unpaired) electrons. The van der Waals surface area contributed by atoms with E-state index in [1.165, 1.54) is 0 Å². The second kappa shape index (κ2) is 6.70. The molecule has 3 rings (SSSR count). The first-order chi connectivity index (χ1) is 11.5. The Kier molecular flexibility index (Phi) is 4.46. The molecule has 1 heterocycles. The normalized spacial score (nSPS) is 18.1. The van der Waals surface area contributed by atoms with Crippen LogP contribution >= 0.6 is 0 Å². The predicted molar refractivity (Wildman–Crippen MR) is 88.2 cm³/mol. The Hall–Kier alpha value is -2.89. The van der Waals surface area contributed by atoms with E-state index >= 15 is 0 Å². The zero-order chi connectivity index (χ0) is 17.1. The van der Waals surface area contributed by atoms with Crippen molar-refractivity contribution in [1.82, 2.24) is 10.6 Å². The summed E-state index contributed by atoms with van der Waals surface area (Å²) in [7, 11) is 0. The van der Waals surface area contributed by atoms with Gasteiger partial charge < -0.3 is 10.1 Å². The standard InChI is InChI=1S/C18H18N2O4/c1-11(13-7-6-12-4-2-3-5-14(12)10-13)24-16(21)9-8-15-17(22)20-18(23)19-15/h2-7,10-11,15H,8-9H2,1H3,(H2,19,20,22,23)/t11-,15-/m1/s1. The average molecular weight is 326 g/mol.